The second kappa shape index (κ2) is 5.96. The van der Waals surface area contributed by atoms with Crippen LogP contribution in [0.3, 0.4) is 0 Å². The van der Waals surface area contributed by atoms with Crippen LogP contribution in [-0.2, 0) is 4.74 Å². The van der Waals surface area contributed by atoms with E-state index >= 15 is 0 Å². The molecule has 1 fully saturated rings. The Balaban J connectivity index is 1.86. The second-order valence-corrected chi connectivity index (χ2v) is 5.08. The number of nitrogens with one attached hydrogen (secondary N) is 1. The van der Waals surface area contributed by atoms with Gasteiger partial charge in [0.1, 0.15) is 0 Å². The molecule has 0 spiro atoms. The zero-order valence-electron chi connectivity index (χ0n) is 10.9. The van der Waals surface area contributed by atoms with Crippen molar-refractivity contribution in [1.29, 1.82) is 0 Å². The zero-order chi connectivity index (χ0) is 13.0. The molecule has 1 N–H and O–H groups in total. The number of ether oxygens (including phenoxy) is 1. The van der Waals surface area contributed by atoms with Crippen LogP contribution in [0.25, 0.3) is 0 Å². The summed E-state index contributed by atoms with van der Waals surface area (Å²) in [6, 6.07) is 3.54. The van der Waals surface area contributed by atoms with Crippen LogP contribution in [0.4, 0.5) is 0 Å². The minimum Gasteiger partial charge on any atom is -0.378 e. The van der Waals surface area contributed by atoms with Crippen LogP contribution in [-0.4, -0.2) is 30.1 Å². The molecule has 98 valence electrons. The predicted octanol–water partition coefficient (Wildman–Crippen LogP) is 1.87. The highest BCUT2D eigenvalue weighted by atomic mass is 16.5. The van der Waals surface area contributed by atoms with Crippen LogP contribution in [0.15, 0.2) is 24.5 Å². The van der Waals surface area contributed by atoms with Crippen LogP contribution >= 0.6 is 0 Å². The molecule has 0 radical (unpaired) electrons. The topological polar surface area (TPSA) is 51.2 Å². The largest absolute Gasteiger partial charge is 0.378 e. The number of hydrogen-bond donors (Lipinski definition) is 1. The Morgan fingerprint density at radius 3 is 3.11 bits per heavy atom. The van der Waals surface area contributed by atoms with Crippen LogP contribution in [0.2, 0.25) is 0 Å². The molecule has 4 heteroatoms. The summed E-state index contributed by atoms with van der Waals surface area (Å²) in [6.45, 7) is 5.80. The molecule has 0 unspecified atom stereocenters. The maximum absolute atomic E-state index is 11.9. The van der Waals surface area contributed by atoms with E-state index in [1.165, 1.54) is 0 Å². The van der Waals surface area contributed by atoms with Gasteiger partial charge in [-0.25, -0.2) is 0 Å². The lowest BCUT2D eigenvalue weighted by molar-refractivity contribution is 0.0533. The van der Waals surface area contributed by atoms with Gasteiger partial charge in [0.05, 0.1) is 11.7 Å². The molecule has 1 saturated heterocycles. The molecule has 0 aliphatic carbocycles. The van der Waals surface area contributed by atoms with E-state index in [4.69, 9.17) is 4.74 Å². The number of amides is 1. The fourth-order valence-corrected chi connectivity index (χ4v) is 2.43. The molecule has 4 nitrogen and oxygen atoms in total. The molecule has 2 rings (SSSR count). The molecule has 0 aromatic carbocycles. The standard InChI is InChI=1S/C14H20N2O2/c1-10(2)13-11(5-7-18-13)9-16-14(17)12-4-3-6-15-8-12/h3-4,6,8,10-11,13H,5,7,9H2,1-2H3,(H,16,17)/t11-,13+/m1/s1. The van der Waals surface area contributed by atoms with Crippen molar-refractivity contribution >= 4 is 5.91 Å². The first-order valence-corrected chi connectivity index (χ1v) is 6.48. The van der Waals surface area contributed by atoms with Crippen molar-refractivity contribution in [3.8, 4) is 0 Å². The number of carbonyl (C=O) groups is 1. The Hall–Kier alpha value is -1.42. The highest BCUT2D eigenvalue weighted by Gasteiger charge is 2.30. The highest BCUT2D eigenvalue weighted by Crippen LogP contribution is 2.26. The summed E-state index contributed by atoms with van der Waals surface area (Å²) in [5, 5.41) is 2.97. The molecule has 0 bridgehead atoms. The highest BCUT2D eigenvalue weighted by molar-refractivity contribution is 5.93. The average Bonchev–Trinajstić information content (AvgIpc) is 2.85. The van der Waals surface area contributed by atoms with Gasteiger partial charge >= 0.3 is 0 Å². The molecular formula is C14H20N2O2. The number of carbonyl (C=O) groups excluding carboxylic acids is 1. The first-order chi connectivity index (χ1) is 8.68. The molecule has 0 saturated carbocycles. The lowest BCUT2D eigenvalue weighted by atomic mass is 9.93. The van der Waals surface area contributed by atoms with E-state index in [1.54, 1.807) is 24.5 Å². The molecule has 1 aliphatic heterocycles. The Labute approximate surface area is 108 Å². The third-order valence-electron chi connectivity index (χ3n) is 3.37. The lowest BCUT2D eigenvalue weighted by Gasteiger charge is -2.22. The first kappa shape index (κ1) is 13.0. The van der Waals surface area contributed by atoms with Gasteiger partial charge in [0.25, 0.3) is 5.91 Å². The molecule has 18 heavy (non-hydrogen) atoms. The van der Waals surface area contributed by atoms with Gasteiger partial charge in [-0.1, -0.05) is 13.8 Å². The van der Waals surface area contributed by atoms with Gasteiger partial charge in [-0.15, -0.1) is 0 Å². The van der Waals surface area contributed by atoms with E-state index in [9.17, 15) is 4.79 Å². The second-order valence-electron chi connectivity index (χ2n) is 5.08. The summed E-state index contributed by atoms with van der Waals surface area (Å²) in [5.74, 6) is 0.857. The van der Waals surface area contributed by atoms with Gasteiger partial charge in [0, 0.05) is 31.5 Å². The lowest BCUT2D eigenvalue weighted by Crippen LogP contribution is -2.34. The van der Waals surface area contributed by atoms with Crippen LogP contribution in [0.1, 0.15) is 30.6 Å². The van der Waals surface area contributed by atoms with Crippen molar-refractivity contribution in [3.05, 3.63) is 30.1 Å². The number of nitrogens with zero attached hydrogens (tertiary/aromatic N) is 1. The van der Waals surface area contributed by atoms with Crippen molar-refractivity contribution in [3.63, 3.8) is 0 Å². The van der Waals surface area contributed by atoms with Gasteiger partial charge < -0.3 is 10.1 Å². The monoisotopic (exact) mass is 248 g/mol. The van der Waals surface area contributed by atoms with Gasteiger partial charge in [-0.2, -0.15) is 0 Å². The molecule has 2 heterocycles. The van der Waals surface area contributed by atoms with Crippen molar-refractivity contribution in [1.82, 2.24) is 10.3 Å². The Morgan fingerprint density at radius 2 is 2.44 bits per heavy atom. The summed E-state index contributed by atoms with van der Waals surface area (Å²) in [6.07, 6.45) is 4.53. The quantitative estimate of drug-likeness (QED) is 0.885. The van der Waals surface area contributed by atoms with E-state index in [2.05, 4.69) is 24.1 Å². The zero-order valence-corrected chi connectivity index (χ0v) is 10.9. The summed E-state index contributed by atoms with van der Waals surface area (Å²) in [7, 11) is 0. The van der Waals surface area contributed by atoms with E-state index in [0.29, 0.717) is 23.9 Å². The van der Waals surface area contributed by atoms with E-state index in [-0.39, 0.29) is 12.0 Å². The Kier molecular flexibility index (Phi) is 4.31. The Morgan fingerprint density at radius 1 is 1.61 bits per heavy atom. The van der Waals surface area contributed by atoms with Gasteiger partial charge in [-0.3, -0.25) is 9.78 Å². The number of hydrogen-bond acceptors (Lipinski definition) is 3. The maximum atomic E-state index is 11.9. The number of pyridine rings is 1. The fraction of sp³-hybridized carbons (Fsp3) is 0.571. The minimum atomic E-state index is -0.0579. The smallest absolute Gasteiger partial charge is 0.252 e. The molecule has 1 aromatic rings. The fourth-order valence-electron chi connectivity index (χ4n) is 2.43. The van der Waals surface area contributed by atoms with E-state index in [0.717, 1.165) is 13.0 Å². The summed E-state index contributed by atoms with van der Waals surface area (Å²) >= 11 is 0. The van der Waals surface area contributed by atoms with Gasteiger partial charge in [0.15, 0.2) is 0 Å². The normalized spacial score (nSPS) is 23.3. The third kappa shape index (κ3) is 3.07. The molecular weight excluding hydrogens is 228 g/mol. The van der Waals surface area contributed by atoms with Gasteiger partial charge in [-0.05, 0) is 24.5 Å². The van der Waals surface area contributed by atoms with E-state index < -0.39 is 0 Å². The van der Waals surface area contributed by atoms with Crippen molar-refractivity contribution in [2.24, 2.45) is 11.8 Å². The van der Waals surface area contributed by atoms with Crippen molar-refractivity contribution in [2.45, 2.75) is 26.4 Å². The van der Waals surface area contributed by atoms with Crippen molar-refractivity contribution in [2.75, 3.05) is 13.2 Å². The number of rotatable bonds is 4. The van der Waals surface area contributed by atoms with Crippen LogP contribution in [0, 0.1) is 11.8 Å². The Bertz CT molecular complexity index is 392. The maximum Gasteiger partial charge on any atom is 0.252 e. The minimum absolute atomic E-state index is 0.0579. The summed E-state index contributed by atoms with van der Waals surface area (Å²) < 4.78 is 5.70. The number of aromatic nitrogens is 1. The molecule has 1 aromatic heterocycles. The van der Waals surface area contributed by atoms with Crippen LogP contribution in [0.5, 0.6) is 0 Å². The summed E-state index contributed by atoms with van der Waals surface area (Å²) in [5.41, 5.74) is 0.609. The predicted molar refractivity (Wildman–Crippen MR) is 69.3 cm³/mol. The van der Waals surface area contributed by atoms with Gasteiger partial charge in [0.2, 0.25) is 0 Å². The first-order valence-electron chi connectivity index (χ1n) is 6.48. The SMILES string of the molecule is CC(C)[C@@H]1OCC[C@@H]1CNC(=O)c1cccnc1. The molecule has 2 atom stereocenters. The van der Waals surface area contributed by atoms with E-state index in [1.807, 2.05) is 0 Å². The third-order valence-corrected chi connectivity index (χ3v) is 3.37. The molecule has 1 aliphatic rings. The van der Waals surface area contributed by atoms with Crippen LogP contribution < -0.4 is 5.32 Å². The summed E-state index contributed by atoms with van der Waals surface area (Å²) in [4.78, 5) is 15.8. The average molecular weight is 248 g/mol. The van der Waals surface area contributed by atoms with Crippen molar-refractivity contribution < 1.29 is 9.53 Å². The molecule has 1 amide bonds.